The van der Waals surface area contributed by atoms with Crippen LogP contribution in [0.25, 0.3) is 11.1 Å². The number of aromatic nitrogens is 5. The number of rotatable bonds is 8. The van der Waals surface area contributed by atoms with E-state index in [0.29, 0.717) is 40.4 Å². The van der Waals surface area contributed by atoms with Crippen LogP contribution in [0, 0.1) is 13.8 Å². The first-order chi connectivity index (χ1) is 14.0. The minimum absolute atomic E-state index is 0.245. The van der Waals surface area contributed by atoms with Crippen molar-refractivity contribution < 1.29 is 9.47 Å². The summed E-state index contributed by atoms with van der Waals surface area (Å²) in [7, 11) is 1.49. The molecule has 3 aromatic rings. The average molecular weight is 414 g/mol. The molecule has 0 saturated heterocycles. The van der Waals surface area contributed by atoms with E-state index in [9.17, 15) is 0 Å². The quantitative estimate of drug-likeness (QED) is 0.500. The van der Waals surface area contributed by atoms with E-state index in [1.165, 1.54) is 7.11 Å². The SMILES string of the molecule is COc1nncc(-c2cnc(C)nc2OCCC[C@@H](C)c2ccc(C)cn2)c1Cl. The maximum Gasteiger partial charge on any atom is 0.252 e. The number of methoxy groups -OCH3 is 1. The summed E-state index contributed by atoms with van der Waals surface area (Å²) in [4.78, 5) is 13.2. The molecule has 3 aromatic heterocycles. The van der Waals surface area contributed by atoms with E-state index in [4.69, 9.17) is 21.1 Å². The lowest BCUT2D eigenvalue weighted by atomic mass is 10.0. The highest BCUT2D eigenvalue weighted by Gasteiger charge is 2.17. The van der Waals surface area contributed by atoms with Crippen LogP contribution in [0.15, 0.2) is 30.7 Å². The second-order valence-corrected chi connectivity index (χ2v) is 7.25. The van der Waals surface area contributed by atoms with Gasteiger partial charge in [0.2, 0.25) is 5.88 Å². The Morgan fingerprint density at radius 3 is 2.59 bits per heavy atom. The van der Waals surface area contributed by atoms with Crippen LogP contribution in [0.3, 0.4) is 0 Å². The van der Waals surface area contributed by atoms with Crippen LogP contribution in [0.4, 0.5) is 0 Å². The summed E-state index contributed by atoms with van der Waals surface area (Å²) in [6.45, 7) is 6.55. The molecule has 0 saturated carbocycles. The molecule has 0 amide bonds. The number of hydrogen-bond donors (Lipinski definition) is 0. The molecule has 0 radical (unpaired) electrons. The molecule has 0 aliphatic heterocycles. The monoisotopic (exact) mass is 413 g/mol. The maximum atomic E-state index is 6.39. The molecule has 0 bridgehead atoms. The standard InChI is InChI=1S/C21H24ClN5O2/c1-13-7-8-18(24-10-13)14(2)6-5-9-29-20-17(11-23-15(3)26-20)16-12-25-27-21(28-4)19(16)22/h7-8,10-12,14H,5-6,9H2,1-4H3/t14-/m1/s1. The van der Waals surface area contributed by atoms with Crippen molar-refractivity contribution >= 4 is 11.6 Å². The van der Waals surface area contributed by atoms with Crippen LogP contribution in [0.2, 0.25) is 5.02 Å². The Kier molecular flexibility index (Phi) is 6.93. The lowest BCUT2D eigenvalue weighted by molar-refractivity contribution is 0.291. The first-order valence-electron chi connectivity index (χ1n) is 9.44. The van der Waals surface area contributed by atoms with Crippen molar-refractivity contribution in [3.8, 4) is 22.9 Å². The predicted octanol–water partition coefficient (Wildman–Crippen LogP) is 4.57. The zero-order valence-corrected chi connectivity index (χ0v) is 17.8. The number of hydrogen-bond acceptors (Lipinski definition) is 7. The molecule has 0 aliphatic carbocycles. The third-order valence-electron chi connectivity index (χ3n) is 4.58. The van der Waals surface area contributed by atoms with Gasteiger partial charge in [0.05, 0.1) is 25.5 Å². The second kappa shape index (κ2) is 9.60. The molecule has 0 unspecified atom stereocenters. The van der Waals surface area contributed by atoms with Gasteiger partial charge < -0.3 is 9.47 Å². The molecule has 0 aromatic carbocycles. The third-order valence-corrected chi connectivity index (χ3v) is 4.94. The maximum absolute atomic E-state index is 6.39. The molecule has 3 heterocycles. The minimum Gasteiger partial charge on any atom is -0.479 e. The number of pyridine rings is 1. The van der Waals surface area contributed by atoms with E-state index in [1.54, 1.807) is 12.4 Å². The fraction of sp³-hybridized carbons (Fsp3) is 0.381. The smallest absolute Gasteiger partial charge is 0.252 e. The zero-order valence-electron chi connectivity index (χ0n) is 17.0. The highest BCUT2D eigenvalue weighted by molar-refractivity contribution is 6.34. The summed E-state index contributed by atoms with van der Waals surface area (Å²) in [6.07, 6.45) is 6.96. The van der Waals surface area contributed by atoms with Gasteiger partial charge in [-0.25, -0.2) is 4.98 Å². The summed E-state index contributed by atoms with van der Waals surface area (Å²) in [5.41, 5.74) is 3.53. The van der Waals surface area contributed by atoms with E-state index in [1.807, 2.05) is 20.0 Å². The summed E-state index contributed by atoms with van der Waals surface area (Å²) in [6, 6.07) is 4.17. The molecular formula is C21H24ClN5O2. The van der Waals surface area contributed by atoms with E-state index >= 15 is 0 Å². The average Bonchev–Trinajstić information content (AvgIpc) is 2.72. The fourth-order valence-corrected chi connectivity index (χ4v) is 3.16. The highest BCUT2D eigenvalue weighted by Crippen LogP contribution is 2.36. The topological polar surface area (TPSA) is 82.9 Å². The Balaban J connectivity index is 1.68. The van der Waals surface area contributed by atoms with Gasteiger partial charge in [-0.05, 0) is 44.2 Å². The van der Waals surface area contributed by atoms with E-state index in [0.717, 1.165) is 24.1 Å². The van der Waals surface area contributed by atoms with Gasteiger partial charge in [0.15, 0.2) is 0 Å². The van der Waals surface area contributed by atoms with Gasteiger partial charge in [0, 0.05) is 23.7 Å². The molecule has 0 N–H and O–H groups in total. The lowest BCUT2D eigenvalue weighted by Crippen LogP contribution is -2.06. The van der Waals surface area contributed by atoms with Gasteiger partial charge in [-0.2, -0.15) is 10.1 Å². The first-order valence-corrected chi connectivity index (χ1v) is 9.82. The van der Waals surface area contributed by atoms with Crippen molar-refractivity contribution in [2.24, 2.45) is 0 Å². The Bertz CT molecular complexity index is 966. The molecule has 3 rings (SSSR count). The molecule has 152 valence electrons. The van der Waals surface area contributed by atoms with Crippen LogP contribution >= 0.6 is 11.6 Å². The third kappa shape index (κ3) is 5.17. The Morgan fingerprint density at radius 1 is 1.03 bits per heavy atom. The number of nitrogens with zero attached hydrogens (tertiary/aromatic N) is 5. The molecule has 0 spiro atoms. The largest absolute Gasteiger partial charge is 0.479 e. The number of ether oxygens (including phenoxy) is 2. The van der Waals surface area contributed by atoms with Crippen LogP contribution in [-0.2, 0) is 0 Å². The van der Waals surface area contributed by atoms with Gasteiger partial charge in [-0.3, -0.25) is 4.98 Å². The van der Waals surface area contributed by atoms with E-state index < -0.39 is 0 Å². The zero-order chi connectivity index (χ0) is 20.8. The van der Waals surface area contributed by atoms with Gasteiger partial charge >= 0.3 is 0 Å². The van der Waals surface area contributed by atoms with Crippen LogP contribution in [0.5, 0.6) is 11.8 Å². The minimum atomic E-state index is 0.245. The summed E-state index contributed by atoms with van der Waals surface area (Å²) in [5.74, 6) is 1.69. The van der Waals surface area contributed by atoms with Gasteiger partial charge in [-0.15, -0.1) is 5.10 Å². The van der Waals surface area contributed by atoms with Crippen molar-refractivity contribution in [3.63, 3.8) is 0 Å². The Morgan fingerprint density at radius 2 is 1.86 bits per heavy atom. The summed E-state index contributed by atoms with van der Waals surface area (Å²) >= 11 is 6.39. The lowest BCUT2D eigenvalue weighted by Gasteiger charge is -2.14. The normalized spacial score (nSPS) is 11.9. The van der Waals surface area contributed by atoms with Gasteiger partial charge in [0.25, 0.3) is 5.88 Å². The number of halogens is 1. The Hall–Kier alpha value is -2.80. The van der Waals surface area contributed by atoms with Crippen molar-refractivity contribution in [3.05, 3.63) is 52.8 Å². The highest BCUT2D eigenvalue weighted by atomic mass is 35.5. The van der Waals surface area contributed by atoms with Crippen LogP contribution in [0.1, 0.15) is 42.8 Å². The second-order valence-electron chi connectivity index (χ2n) is 6.87. The summed E-state index contributed by atoms with van der Waals surface area (Å²) < 4.78 is 11.1. The molecule has 0 aliphatic rings. The van der Waals surface area contributed by atoms with Crippen molar-refractivity contribution in [2.75, 3.05) is 13.7 Å². The predicted molar refractivity (Wildman–Crippen MR) is 111 cm³/mol. The molecular weight excluding hydrogens is 390 g/mol. The first kappa shape index (κ1) is 20.9. The Labute approximate surface area is 175 Å². The van der Waals surface area contributed by atoms with E-state index in [-0.39, 0.29) is 5.88 Å². The van der Waals surface area contributed by atoms with Crippen molar-refractivity contribution in [1.82, 2.24) is 25.1 Å². The fourth-order valence-electron chi connectivity index (χ4n) is 2.89. The number of aryl methyl sites for hydroxylation is 2. The molecule has 8 heteroatoms. The van der Waals surface area contributed by atoms with Crippen molar-refractivity contribution in [1.29, 1.82) is 0 Å². The molecule has 1 atom stereocenters. The van der Waals surface area contributed by atoms with Crippen LogP contribution in [-0.4, -0.2) is 38.9 Å². The summed E-state index contributed by atoms with van der Waals surface area (Å²) in [5, 5.41) is 8.15. The van der Waals surface area contributed by atoms with E-state index in [2.05, 4.69) is 44.2 Å². The molecule has 29 heavy (non-hydrogen) atoms. The van der Waals surface area contributed by atoms with Crippen LogP contribution < -0.4 is 9.47 Å². The van der Waals surface area contributed by atoms with Gasteiger partial charge in [0.1, 0.15) is 10.8 Å². The molecule has 7 nitrogen and oxygen atoms in total. The molecule has 0 fully saturated rings. The van der Waals surface area contributed by atoms with Gasteiger partial charge in [-0.1, -0.05) is 24.6 Å². The van der Waals surface area contributed by atoms with Crippen molar-refractivity contribution in [2.45, 2.75) is 39.5 Å².